The predicted molar refractivity (Wildman–Crippen MR) is 121 cm³/mol. The minimum atomic E-state index is -0.0132. The van der Waals surface area contributed by atoms with Gasteiger partial charge in [0.1, 0.15) is 17.6 Å². The van der Waals surface area contributed by atoms with Crippen LogP contribution in [0.15, 0.2) is 29.3 Å². The Morgan fingerprint density at radius 3 is 2.52 bits per heavy atom. The Labute approximate surface area is 180 Å². The quantitative estimate of drug-likeness (QED) is 0.203. The monoisotopic (exact) mass is 491 g/mol. The zero-order valence-corrected chi connectivity index (χ0v) is 19.0. The van der Waals surface area contributed by atoms with Gasteiger partial charge in [-0.05, 0) is 63.3 Å². The molecule has 1 aromatic rings. The number of benzene rings is 1. The van der Waals surface area contributed by atoms with Gasteiger partial charge in [-0.15, -0.1) is 24.0 Å². The van der Waals surface area contributed by atoms with Crippen molar-refractivity contribution >= 4 is 29.9 Å². The van der Waals surface area contributed by atoms with Crippen LogP contribution in [0.4, 0.5) is 0 Å². The summed E-state index contributed by atoms with van der Waals surface area (Å²) in [6.07, 6.45) is 3.65. The van der Waals surface area contributed by atoms with Crippen molar-refractivity contribution in [2.24, 2.45) is 10.9 Å². The summed E-state index contributed by atoms with van der Waals surface area (Å²) in [4.78, 5) is 4.60. The number of hydrogen-bond donors (Lipinski definition) is 2. The van der Waals surface area contributed by atoms with Crippen molar-refractivity contribution in [3.63, 3.8) is 0 Å². The topological polar surface area (TPSA) is 64.1 Å². The molecule has 1 saturated carbocycles. The Morgan fingerprint density at radius 1 is 1.19 bits per heavy atom. The third-order valence-corrected chi connectivity index (χ3v) is 4.06. The normalized spacial score (nSPS) is 14.9. The number of nitrogens with one attached hydrogen (secondary N) is 2. The van der Waals surface area contributed by atoms with Crippen LogP contribution in [-0.4, -0.2) is 52.0 Å². The Balaban J connectivity index is 0.00000364. The first-order valence-electron chi connectivity index (χ1n) is 9.62. The van der Waals surface area contributed by atoms with Gasteiger partial charge < -0.3 is 24.8 Å². The van der Waals surface area contributed by atoms with Crippen LogP contribution in [0.25, 0.3) is 0 Å². The van der Waals surface area contributed by atoms with Gasteiger partial charge in [-0.3, -0.25) is 0 Å². The molecule has 0 heterocycles. The molecule has 1 aromatic carbocycles. The molecule has 154 valence electrons. The van der Waals surface area contributed by atoms with Crippen molar-refractivity contribution in [1.82, 2.24) is 10.6 Å². The van der Waals surface area contributed by atoms with Gasteiger partial charge in [0.2, 0.25) is 0 Å². The van der Waals surface area contributed by atoms with Gasteiger partial charge in [0.05, 0.1) is 13.7 Å². The van der Waals surface area contributed by atoms with Crippen LogP contribution < -0.4 is 20.1 Å². The lowest BCUT2D eigenvalue weighted by Gasteiger charge is -2.15. The van der Waals surface area contributed by atoms with Crippen molar-refractivity contribution in [3.8, 4) is 11.5 Å². The van der Waals surface area contributed by atoms with Crippen LogP contribution in [0.1, 0.15) is 33.1 Å². The highest BCUT2D eigenvalue weighted by atomic mass is 127. The maximum Gasteiger partial charge on any atom is 0.191 e. The highest BCUT2D eigenvalue weighted by Gasteiger charge is 2.20. The molecular formula is C20H34IN3O3. The molecule has 1 atom stereocenters. The van der Waals surface area contributed by atoms with E-state index in [0.717, 1.165) is 56.1 Å². The molecule has 0 amide bonds. The summed E-state index contributed by atoms with van der Waals surface area (Å²) in [5, 5.41) is 6.61. The summed E-state index contributed by atoms with van der Waals surface area (Å²) in [5.41, 5.74) is 0. The van der Waals surface area contributed by atoms with Crippen molar-refractivity contribution in [2.45, 2.75) is 39.2 Å². The number of ether oxygens (including phenoxy) is 3. The molecule has 1 fully saturated rings. The maximum absolute atomic E-state index is 5.89. The Bertz CT molecular complexity index is 536. The van der Waals surface area contributed by atoms with Crippen LogP contribution >= 0.6 is 24.0 Å². The molecule has 6 nitrogen and oxygen atoms in total. The molecule has 7 heteroatoms. The zero-order valence-electron chi connectivity index (χ0n) is 16.7. The lowest BCUT2D eigenvalue weighted by atomic mass is 10.3. The molecule has 0 saturated heterocycles. The number of hydrogen-bond acceptors (Lipinski definition) is 4. The molecule has 0 radical (unpaired) electrons. The van der Waals surface area contributed by atoms with Gasteiger partial charge in [0.15, 0.2) is 5.96 Å². The largest absolute Gasteiger partial charge is 0.497 e. The molecule has 2 rings (SSSR count). The first kappa shape index (κ1) is 23.8. The number of methoxy groups -OCH3 is 1. The van der Waals surface area contributed by atoms with E-state index in [0.29, 0.717) is 6.54 Å². The minimum absolute atomic E-state index is 0. The van der Waals surface area contributed by atoms with E-state index >= 15 is 0 Å². The van der Waals surface area contributed by atoms with Gasteiger partial charge in [0.25, 0.3) is 0 Å². The average Bonchev–Trinajstić information content (AvgIpc) is 3.47. The molecule has 0 spiro atoms. The highest BCUT2D eigenvalue weighted by molar-refractivity contribution is 14.0. The first-order chi connectivity index (χ1) is 12.7. The van der Waals surface area contributed by atoms with E-state index in [1.807, 2.05) is 31.2 Å². The third kappa shape index (κ3) is 10.6. The number of nitrogens with zero attached hydrogens (tertiary/aromatic N) is 1. The van der Waals surface area contributed by atoms with Gasteiger partial charge in [-0.1, -0.05) is 0 Å². The summed E-state index contributed by atoms with van der Waals surface area (Å²) in [7, 11) is 1.65. The fraction of sp³-hybridized carbons (Fsp3) is 0.650. The Kier molecular flexibility index (Phi) is 12.2. The van der Waals surface area contributed by atoms with Crippen LogP contribution in [0.5, 0.6) is 11.5 Å². The average molecular weight is 491 g/mol. The van der Waals surface area contributed by atoms with Gasteiger partial charge >= 0.3 is 0 Å². The summed E-state index contributed by atoms with van der Waals surface area (Å²) in [6, 6.07) is 7.60. The van der Waals surface area contributed by atoms with Gasteiger partial charge in [-0.2, -0.15) is 0 Å². The van der Waals surface area contributed by atoms with E-state index in [4.69, 9.17) is 14.2 Å². The summed E-state index contributed by atoms with van der Waals surface area (Å²) < 4.78 is 16.7. The van der Waals surface area contributed by atoms with E-state index in [-0.39, 0.29) is 30.1 Å². The standard InChI is InChI=1S/C20H33N3O3.HI/c1-4-21-20(22-12-5-13-25-15-17-6-7-17)23-14-16(2)26-19-10-8-18(24-3)9-11-19;/h8-11,16-17H,4-7,12-15H2,1-3H3,(H2,21,22,23);1H. The highest BCUT2D eigenvalue weighted by Crippen LogP contribution is 2.28. The summed E-state index contributed by atoms with van der Waals surface area (Å²) >= 11 is 0. The Hall–Kier alpha value is -1.22. The van der Waals surface area contributed by atoms with Gasteiger partial charge in [-0.25, -0.2) is 4.99 Å². The van der Waals surface area contributed by atoms with E-state index < -0.39 is 0 Å². The molecule has 0 aromatic heterocycles. The lowest BCUT2D eigenvalue weighted by molar-refractivity contribution is 0.123. The fourth-order valence-corrected chi connectivity index (χ4v) is 2.40. The SMILES string of the molecule is CCNC(=NCC(C)Oc1ccc(OC)cc1)NCCCOCC1CC1.I. The number of guanidine groups is 1. The molecule has 1 aliphatic rings. The van der Waals surface area contributed by atoms with E-state index in [1.54, 1.807) is 7.11 Å². The summed E-state index contributed by atoms with van der Waals surface area (Å²) in [6.45, 7) is 8.08. The molecule has 0 bridgehead atoms. The van der Waals surface area contributed by atoms with Crippen LogP contribution in [-0.2, 0) is 4.74 Å². The van der Waals surface area contributed by atoms with E-state index in [9.17, 15) is 0 Å². The molecule has 2 N–H and O–H groups in total. The maximum atomic E-state index is 5.89. The van der Waals surface area contributed by atoms with Gasteiger partial charge in [0, 0.05) is 26.3 Å². The number of rotatable bonds is 12. The lowest BCUT2D eigenvalue weighted by Crippen LogP contribution is -2.38. The number of aliphatic imine (C=N–C) groups is 1. The Morgan fingerprint density at radius 2 is 1.89 bits per heavy atom. The second-order valence-corrected chi connectivity index (χ2v) is 6.62. The van der Waals surface area contributed by atoms with Crippen molar-refractivity contribution in [3.05, 3.63) is 24.3 Å². The minimum Gasteiger partial charge on any atom is -0.497 e. The molecule has 27 heavy (non-hydrogen) atoms. The first-order valence-corrected chi connectivity index (χ1v) is 9.62. The second kappa shape index (κ2) is 13.9. The van der Waals surface area contributed by atoms with Crippen LogP contribution in [0, 0.1) is 5.92 Å². The summed E-state index contributed by atoms with van der Waals surface area (Å²) in [5.74, 6) is 3.29. The molecule has 1 aliphatic carbocycles. The van der Waals surface area contributed by atoms with Crippen molar-refractivity contribution in [2.75, 3.05) is 40.0 Å². The predicted octanol–water partition coefficient (Wildman–Crippen LogP) is 3.45. The van der Waals surface area contributed by atoms with E-state index in [2.05, 4.69) is 22.5 Å². The second-order valence-electron chi connectivity index (χ2n) is 6.62. The fourth-order valence-electron chi connectivity index (χ4n) is 2.40. The zero-order chi connectivity index (χ0) is 18.6. The van der Waals surface area contributed by atoms with Crippen LogP contribution in [0.2, 0.25) is 0 Å². The third-order valence-electron chi connectivity index (χ3n) is 4.06. The molecular weight excluding hydrogens is 457 g/mol. The van der Waals surface area contributed by atoms with E-state index in [1.165, 1.54) is 12.8 Å². The smallest absolute Gasteiger partial charge is 0.191 e. The molecule has 0 aliphatic heterocycles. The van der Waals surface area contributed by atoms with Crippen molar-refractivity contribution in [1.29, 1.82) is 0 Å². The number of halogens is 1. The van der Waals surface area contributed by atoms with Crippen molar-refractivity contribution < 1.29 is 14.2 Å². The van der Waals surface area contributed by atoms with Crippen LogP contribution in [0.3, 0.4) is 0 Å². The molecule has 1 unspecified atom stereocenters.